The lowest BCUT2D eigenvalue weighted by Crippen LogP contribution is -2.54. The fourth-order valence-corrected chi connectivity index (χ4v) is 3.32. The molecule has 6 heteroatoms. The second kappa shape index (κ2) is 7.13. The van der Waals surface area contributed by atoms with Gasteiger partial charge in [-0.15, -0.1) is 0 Å². The zero-order valence-corrected chi connectivity index (χ0v) is 14.6. The first-order valence-electron chi connectivity index (χ1n) is 8.24. The first-order valence-corrected chi connectivity index (χ1v) is 8.65. The standard InChI is InChI=1S/C18H21N3O2S/c1-20-10-5-8-14(20)12-15-16(22)19-18(24)21(17(15)23)11-9-13-6-3-2-4-7-13/h5-6,8,10,12H,2-4,7,9,11H2,1H3,(H,19,22,24). The number of aryl methyl sites for hydroxylation is 1. The van der Waals surface area contributed by atoms with Crippen LogP contribution in [-0.2, 0) is 16.6 Å². The quantitative estimate of drug-likeness (QED) is 0.396. The highest BCUT2D eigenvalue weighted by molar-refractivity contribution is 7.80. The summed E-state index contributed by atoms with van der Waals surface area (Å²) in [7, 11) is 1.87. The third kappa shape index (κ3) is 3.48. The zero-order valence-electron chi connectivity index (χ0n) is 13.7. The third-order valence-electron chi connectivity index (χ3n) is 4.50. The molecule has 1 aromatic heterocycles. The minimum atomic E-state index is -0.431. The smallest absolute Gasteiger partial charge is 0.265 e. The summed E-state index contributed by atoms with van der Waals surface area (Å²) in [6, 6.07) is 3.73. The second-order valence-electron chi connectivity index (χ2n) is 6.18. The van der Waals surface area contributed by atoms with Gasteiger partial charge < -0.3 is 4.57 Å². The molecule has 126 valence electrons. The van der Waals surface area contributed by atoms with E-state index >= 15 is 0 Å². The first kappa shape index (κ1) is 16.6. The molecule has 1 aliphatic heterocycles. The molecule has 0 unspecified atom stereocenters. The van der Waals surface area contributed by atoms with Crippen molar-refractivity contribution in [3.05, 3.63) is 41.2 Å². The summed E-state index contributed by atoms with van der Waals surface area (Å²) >= 11 is 5.20. The van der Waals surface area contributed by atoms with Crippen molar-refractivity contribution in [2.24, 2.45) is 7.05 Å². The van der Waals surface area contributed by atoms with Crippen LogP contribution in [0.25, 0.3) is 6.08 Å². The van der Waals surface area contributed by atoms with Crippen LogP contribution in [0.15, 0.2) is 35.6 Å². The van der Waals surface area contributed by atoms with Crippen LogP contribution in [0.2, 0.25) is 0 Å². The molecule has 0 aromatic carbocycles. The lowest BCUT2D eigenvalue weighted by molar-refractivity contribution is -0.128. The number of rotatable bonds is 4. The van der Waals surface area contributed by atoms with Crippen LogP contribution in [-0.4, -0.2) is 32.9 Å². The largest absolute Gasteiger partial charge is 0.351 e. The van der Waals surface area contributed by atoms with Crippen LogP contribution >= 0.6 is 12.2 Å². The molecule has 0 atom stereocenters. The number of nitrogens with one attached hydrogen (secondary N) is 1. The molecular formula is C18H21N3O2S. The van der Waals surface area contributed by atoms with Crippen molar-refractivity contribution in [1.82, 2.24) is 14.8 Å². The molecule has 0 saturated carbocycles. The molecule has 1 saturated heterocycles. The molecule has 0 radical (unpaired) electrons. The number of carbonyl (C=O) groups excluding carboxylic acids is 2. The Morgan fingerprint density at radius 1 is 1.33 bits per heavy atom. The summed E-state index contributed by atoms with van der Waals surface area (Å²) in [5.41, 5.74) is 2.31. The maximum atomic E-state index is 12.7. The van der Waals surface area contributed by atoms with E-state index in [0.717, 1.165) is 25.0 Å². The SMILES string of the molecule is Cn1cccc1C=C1C(=O)NC(=S)N(CCC2=CCCCC2)C1=O. The fraction of sp³-hybridized carbons (Fsp3) is 0.389. The van der Waals surface area contributed by atoms with Crippen LogP contribution in [0.3, 0.4) is 0 Å². The average Bonchev–Trinajstić information content (AvgIpc) is 2.97. The zero-order chi connectivity index (χ0) is 17.1. The first-order chi connectivity index (χ1) is 11.6. The van der Waals surface area contributed by atoms with Gasteiger partial charge in [-0.05, 0) is 62.5 Å². The van der Waals surface area contributed by atoms with Gasteiger partial charge in [0.2, 0.25) is 0 Å². The summed E-state index contributed by atoms with van der Waals surface area (Å²) in [5, 5.41) is 2.83. The lowest BCUT2D eigenvalue weighted by Gasteiger charge is -2.29. The maximum Gasteiger partial charge on any atom is 0.265 e. The number of carbonyl (C=O) groups is 2. The van der Waals surface area contributed by atoms with Gasteiger partial charge in [0.25, 0.3) is 11.8 Å². The monoisotopic (exact) mass is 343 g/mol. The molecule has 1 fully saturated rings. The van der Waals surface area contributed by atoms with Crippen LogP contribution < -0.4 is 5.32 Å². The summed E-state index contributed by atoms with van der Waals surface area (Å²) < 4.78 is 1.86. The number of amides is 2. The minimum Gasteiger partial charge on any atom is -0.351 e. The maximum absolute atomic E-state index is 12.7. The highest BCUT2D eigenvalue weighted by Crippen LogP contribution is 2.22. The second-order valence-corrected chi connectivity index (χ2v) is 6.56. The number of hydrogen-bond donors (Lipinski definition) is 1. The van der Waals surface area contributed by atoms with Crippen molar-refractivity contribution >= 4 is 35.2 Å². The van der Waals surface area contributed by atoms with E-state index < -0.39 is 5.91 Å². The third-order valence-corrected chi connectivity index (χ3v) is 4.83. The summed E-state index contributed by atoms with van der Waals surface area (Å²) in [6.45, 7) is 0.508. The van der Waals surface area contributed by atoms with Gasteiger partial charge in [-0.3, -0.25) is 19.8 Å². The van der Waals surface area contributed by atoms with Gasteiger partial charge >= 0.3 is 0 Å². The average molecular weight is 343 g/mol. The number of thiocarbonyl (C=S) groups is 1. The summed E-state index contributed by atoms with van der Waals surface area (Å²) in [5.74, 6) is -0.749. The van der Waals surface area contributed by atoms with E-state index in [1.165, 1.54) is 23.3 Å². The predicted molar refractivity (Wildman–Crippen MR) is 97.0 cm³/mol. The predicted octanol–water partition coefficient (Wildman–Crippen LogP) is 2.54. The van der Waals surface area contributed by atoms with Crippen LogP contribution in [0.5, 0.6) is 0 Å². The molecule has 2 heterocycles. The Bertz CT molecular complexity index is 745. The lowest BCUT2D eigenvalue weighted by atomic mass is 9.97. The number of allylic oxidation sites excluding steroid dienone is 1. The Kier molecular flexibility index (Phi) is 4.94. The fourth-order valence-electron chi connectivity index (χ4n) is 3.06. The molecule has 0 spiro atoms. The molecule has 1 aliphatic carbocycles. The Balaban J connectivity index is 1.77. The normalized spacial score (nSPS) is 20.4. The van der Waals surface area contributed by atoms with E-state index in [1.807, 2.05) is 29.9 Å². The molecule has 2 aliphatic rings. The van der Waals surface area contributed by atoms with Gasteiger partial charge in [0.15, 0.2) is 5.11 Å². The van der Waals surface area contributed by atoms with Crippen LogP contribution in [0, 0.1) is 0 Å². The van der Waals surface area contributed by atoms with E-state index in [4.69, 9.17) is 12.2 Å². The Hall–Kier alpha value is -2.21. The van der Waals surface area contributed by atoms with Crippen molar-refractivity contribution < 1.29 is 9.59 Å². The molecule has 2 amide bonds. The van der Waals surface area contributed by atoms with Gasteiger partial charge in [0, 0.05) is 25.5 Å². The molecule has 24 heavy (non-hydrogen) atoms. The van der Waals surface area contributed by atoms with Crippen LogP contribution in [0.4, 0.5) is 0 Å². The van der Waals surface area contributed by atoms with E-state index in [0.29, 0.717) is 6.54 Å². The van der Waals surface area contributed by atoms with Crippen molar-refractivity contribution in [2.75, 3.05) is 6.54 Å². The molecule has 5 nitrogen and oxygen atoms in total. The van der Waals surface area contributed by atoms with E-state index in [9.17, 15) is 9.59 Å². The van der Waals surface area contributed by atoms with Gasteiger partial charge in [-0.2, -0.15) is 0 Å². The van der Waals surface area contributed by atoms with Crippen molar-refractivity contribution in [1.29, 1.82) is 0 Å². The highest BCUT2D eigenvalue weighted by atomic mass is 32.1. The highest BCUT2D eigenvalue weighted by Gasteiger charge is 2.33. The van der Waals surface area contributed by atoms with Gasteiger partial charge in [0.05, 0.1) is 0 Å². The molecule has 0 bridgehead atoms. The van der Waals surface area contributed by atoms with E-state index in [1.54, 1.807) is 6.08 Å². The van der Waals surface area contributed by atoms with E-state index in [-0.39, 0.29) is 16.6 Å². The van der Waals surface area contributed by atoms with Crippen molar-refractivity contribution in [3.8, 4) is 0 Å². The van der Waals surface area contributed by atoms with Gasteiger partial charge in [-0.1, -0.05) is 11.6 Å². The van der Waals surface area contributed by atoms with Crippen molar-refractivity contribution in [2.45, 2.75) is 32.1 Å². The number of nitrogens with zero attached hydrogens (tertiary/aromatic N) is 2. The molecule has 1 N–H and O–H groups in total. The van der Waals surface area contributed by atoms with Crippen molar-refractivity contribution in [3.63, 3.8) is 0 Å². The summed E-state index contributed by atoms with van der Waals surface area (Å²) in [4.78, 5) is 26.4. The van der Waals surface area contributed by atoms with Crippen LogP contribution in [0.1, 0.15) is 37.8 Å². The number of aromatic nitrogens is 1. The summed E-state index contributed by atoms with van der Waals surface area (Å²) in [6.07, 6.45) is 11.2. The molecule has 3 rings (SSSR count). The topological polar surface area (TPSA) is 54.3 Å². The Morgan fingerprint density at radius 3 is 2.83 bits per heavy atom. The molecular weight excluding hydrogens is 322 g/mol. The Labute approximate surface area is 147 Å². The number of hydrogen-bond acceptors (Lipinski definition) is 3. The molecule has 1 aromatic rings. The minimum absolute atomic E-state index is 0.128. The Morgan fingerprint density at radius 2 is 2.17 bits per heavy atom. The van der Waals surface area contributed by atoms with E-state index in [2.05, 4.69) is 11.4 Å². The van der Waals surface area contributed by atoms with Gasteiger partial charge in [-0.25, -0.2) is 0 Å². The van der Waals surface area contributed by atoms with Gasteiger partial charge in [0.1, 0.15) is 5.57 Å².